The van der Waals surface area contributed by atoms with Gasteiger partial charge < -0.3 is 15.7 Å². The average molecular weight is 483 g/mol. The van der Waals surface area contributed by atoms with Crippen LogP contribution >= 0.6 is 12.6 Å². The van der Waals surface area contributed by atoms with Crippen LogP contribution in [0, 0.1) is 5.92 Å². The lowest BCUT2D eigenvalue weighted by atomic mass is 9.94. The molecule has 0 aromatic heterocycles. The molecule has 1 fully saturated rings. The molecule has 2 aromatic carbocycles. The minimum absolute atomic E-state index is 0.155. The minimum Gasteiger partial charge on any atom is -0.480 e. The van der Waals surface area contributed by atoms with Crippen molar-refractivity contribution in [3.8, 4) is 11.1 Å². The summed E-state index contributed by atoms with van der Waals surface area (Å²) in [7, 11) is 0. The van der Waals surface area contributed by atoms with Crippen LogP contribution in [0.5, 0.6) is 0 Å². The van der Waals surface area contributed by atoms with E-state index in [1.54, 1.807) is 0 Å². The number of thiol groups is 1. The Morgan fingerprint density at radius 2 is 1.56 bits per heavy atom. The molecule has 3 N–H and O–H groups in total. The van der Waals surface area contributed by atoms with Crippen LogP contribution in [0.2, 0.25) is 0 Å². The van der Waals surface area contributed by atoms with E-state index in [2.05, 4.69) is 23.3 Å². The first kappa shape index (κ1) is 25.8. The summed E-state index contributed by atoms with van der Waals surface area (Å²) >= 11 is 4.41. The van der Waals surface area contributed by atoms with Gasteiger partial charge in [0.1, 0.15) is 11.6 Å². The maximum Gasteiger partial charge on any atom is 0.326 e. The van der Waals surface area contributed by atoms with E-state index in [4.69, 9.17) is 0 Å². The van der Waals surface area contributed by atoms with Crippen LogP contribution in [0.4, 0.5) is 0 Å². The molecule has 3 rings (SSSR count). The van der Waals surface area contributed by atoms with Gasteiger partial charge in [-0.3, -0.25) is 9.59 Å². The molecule has 182 valence electrons. The number of benzene rings is 2. The first-order valence-corrected chi connectivity index (χ1v) is 12.4. The zero-order valence-corrected chi connectivity index (χ0v) is 20.7. The summed E-state index contributed by atoms with van der Waals surface area (Å²) in [5.74, 6) is -1.52. The van der Waals surface area contributed by atoms with Crippen molar-refractivity contribution in [3.63, 3.8) is 0 Å². The first-order chi connectivity index (χ1) is 16.2. The summed E-state index contributed by atoms with van der Waals surface area (Å²) in [6.45, 7) is 4.02. The molecule has 0 heterocycles. The van der Waals surface area contributed by atoms with E-state index < -0.39 is 28.7 Å². The van der Waals surface area contributed by atoms with Crippen LogP contribution in [0.15, 0.2) is 54.6 Å². The van der Waals surface area contributed by atoms with Crippen molar-refractivity contribution in [1.29, 1.82) is 0 Å². The second-order valence-corrected chi connectivity index (χ2v) is 10.2. The van der Waals surface area contributed by atoms with Gasteiger partial charge in [-0.1, -0.05) is 81.3 Å². The molecule has 1 saturated carbocycles. The van der Waals surface area contributed by atoms with Gasteiger partial charge in [-0.15, -0.1) is 0 Å². The first-order valence-electron chi connectivity index (χ1n) is 11.9. The Morgan fingerprint density at radius 1 is 0.971 bits per heavy atom. The molecule has 0 radical (unpaired) electrons. The minimum atomic E-state index is -1.10. The fraction of sp³-hybridized carbons (Fsp3) is 0.444. The highest BCUT2D eigenvalue weighted by Gasteiger charge is 2.44. The molecule has 0 spiro atoms. The topological polar surface area (TPSA) is 95.5 Å². The SMILES string of the molecule is CC(C)C[C@@H](S)C(=O)NC1(C(=O)NC(Cc2ccc(-c3ccccc3)cc2)C(=O)O)CCCC1. The summed E-state index contributed by atoms with van der Waals surface area (Å²) < 4.78 is 0. The normalized spacial score (nSPS) is 16.6. The summed E-state index contributed by atoms with van der Waals surface area (Å²) in [5.41, 5.74) is 1.84. The lowest BCUT2D eigenvalue weighted by Gasteiger charge is -2.31. The van der Waals surface area contributed by atoms with Crippen LogP contribution in [-0.4, -0.2) is 39.7 Å². The van der Waals surface area contributed by atoms with E-state index in [0.29, 0.717) is 25.2 Å². The fourth-order valence-electron chi connectivity index (χ4n) is 4.46. The van der Waals surface area contributed by atoms with E-state index in [0.717, 1.165) is 29.5 Å². The number of hydrogen-bond donors (Lipinski definition) is 4. The molecule has 7 heteroatoms. The molecule has 34 heavy (non-hydrogen) atoms. The smallest absolute Gasteiger partial charge is 0.326 e. The van der Waals surface area contributed by atoms with Crippen LogP contribution < -0.4 is 10.6 Å². The highest BCUT2D eigenvalue weighted by molar-refractivity contribution is 7.81. The zero-order valence-electron chi connectivity index (χ0n) is 19.8. The number of rotatable bonds is 10. The van der Waals surface area contributed by atoms with Crippen molar-refractivity contribution in [3.05, 3.63) is 60.2 Å². The summed E-state index contributed by atoms with van der Waals surface area (Å²) in [5, 5.41) is 14.9. The van der Waals surface area contributed by atoms with Gasteiger partial charge in [-0.2, -0.15) is 12.6 Å². The quantitative estimate of drug-likeness (QED) is 0.381. The van der Waals surface area contributed by atoms with Crippen molar-refractivity contribution in [2.24, 2.45) is 5.92 Å². The van der Waals surface area contributed by atoms with Gasteiger partial charge in [0.2, 0.25) is 11.8 Å². The lowest BCUT2D eigenvalue weighted by molar-refractivity contribution is -0.143. The molecule has 0 saturated heterocycles. The number of hydrogen-bond acceptors (Lipinski definition) is 4. The summed E-state index contributed by atoms with van der Waals surface area (Å²) in [4.78, 5) is 38.0. The van der Waals surface area contributed by atoms with Gasteiger partial charge in [-0.05, 0) is 41.9 Å². The molecule has 1 aliphatic carbocycles. The van der Waals surface area contributed by atoms with Crippen LogP contribution in [0.1, 0.15) is 51.5 Å². The molecule has 2 aromatic rings. The Morgan fingerprint density at radius 3 is 2.12 bits per heavy atom. The van der Waals surface area contributed by atoms with Crippen LogP contribution in [0.3, 0.4) is 0 Å². The Kier molecular flexibility index (Phi) is 8.78. The van der Waals surface area contributed by atoms with Crippen molar-refractivity contribution >= 4 is 30.4 Å². The number of carboxylic acids is 1. The third kappa shape index (κ3) is 6.63. The number of carbonyl (C=O) groups excluding carboxylic acids is 2. The van der Waals surface area contributed by atoms with E-state index in [-0.39, 0.29) is 12.3 Å². The van der Waals surface area contributed by atoms with Crippen LogP contribution in [-0.2, 0) is 20.8 Å². The molecular weight excluding hydrogens is 448 g/mol. The fourth-order valence-corrected chi connectivity index (χ4v) is 4.94. The van der Waals surface area contributed by atoms with Gasteiger partial charge in [0.15, 0.2) is 0 Å². The molecule has 2 amide bonds. The van der Waals surface area contributed by atoms with Gasteiger partial charge in [-0.25, -0.2) is 4.79 Å². The second kappa shape index (κ2) is 11.6. The predicted molar refractivity (Wildman–Crippen MR) is 137 cm³/mol. The van der Waals surface area contributed by atoms with Crippen molar-refractivity contribution in [1.82, 2.24) is 10.6 Å². The third-order valence-corrected chi connectivity index (χ3v) is 6.80. The van der Waals surface area contributed by atoms with Gasteiger partial charge in [0.25, 0.3) is 0 Å². The standard InChI is InChI=1S/C27H34N2O4S/c1-18(2)16-23(34)24(30)29-27(14-6-7-15-27)26(33)28-22(25(31)32)17-19-10-12-21(13-11-19)20-8-4-3-5-9-20/h3-5,8-13,18,22-23,34H,6-7,14-17H2,1-2H3,(H,28,33)(H,29,30)(H,31,32)/t22?,23-/m1/s1. The third-order valence-electron chi connectivity index (χ3n) is 6.36. The summed E-state index contributed by atoms with van der Waals surface area (Å²) in [6.07, 6.45) is 3.34. The number of aliphatic carboxylic acids is 1. The van der Waals surface area contributed by atoms with E-state index in [1.807, 2.05) is 68.4 Å². The lowest BCUT2D eigenvalue weighted by Crippen LogP contribution is -2.61. The molecule has 6 nitrogen and oxygen atoms in total. The van der Waals surface area contributed by atoms with Crippen molar-refractivity contribution in [2.45, 2.75) is 69.2 Å². The molecule has 0 aliphatic heterocycles. The highest BCUT2D eigenvalue weighted by Crippen LogP contribution is 2.31. The molecule has 2 atom stereocenters. The molecular formula is C27H34N2O4S. The van der Waals surface area contributed by atoms with Gasteiger partial charge in [0.05, 0.1) is 5.25 Å². The van der Waals surface area contributed by atoms with Crippen LogP contribution in [0.25, 0.3) is 11.1 Å². The van der Waals surface area contributed by atoms with Gasteiger partial charge >= 0.3 is 5.97 Å². The zero-order chi connectivity index (χ0) is 24.7. The van der Waals surface area contributed by atoms with E-state index >= 15 is 0 Å². The predicted octanol–water partition coefficient (Wildman–Crippen LogP) is 4.24. The molecule has 0 bridgehead atoms. The molecule has 1 aliphatic rings. The number of amides is 2. The Balaban J connectivity index is 1.69. The largest absolute Gasteiger partial charge is 0.480 e. The van der Waals surface area contributed by atoms with Gasteiger partial charge in [0, 0.05) is 6.42 Å². The second-order valence-electron chi connectivity index (χ2n) is 9.56. The Hall–Kier alpha value is -2.80. The van der Waals surface area contributed by atoms with E-state index in [1.165, 1.54) is 0 Å². The molecule has 1 unspecified atom stereocenters. The number of carbonyl (C=O) groups is 3. The number of carboxylic acid groups (broad SMARTS) is 1. The average Bonchev–Trinajstić information content (AvgIpc) is 3.29. The number of nitrogens with one attached hydrogen (secondary N) is 2. The van der Waals surface area contributed by atoms with Crippen molar-refractivity contribution in [2.75, 3.05) is 0 Å². The Labute approximate surface area is 206 Å². The van der Waals surface area contributed by atoms with E-state index in [9.17, 15) is 19.5 Å². The monoisotopic (exact) mass is 482 g/mol. The maximum atomic E-state index is 13.3. The maximum absolute atomic E-state index is 13.3. The Bertz CT molecular complexity index is 985. The summed E-state index contributed by atoms with van der Waals surface area (Å²) in [6, 6.07) is 16.5. The highest BCUT2D eigenvalue weighted by atomic mass is 32.1. The van der Waals surface area contributed by atoms with Crippen molar-refractivity contribution < 1.29 is 19.5 Å².